The Morgan fingerprint density at radius 3 is 2.95 bits per heavy atom. The Kier molecular flexibility index (Phi) is 3.90. The lowest BCUT2D eigenvalue weighted by molar-refractivity contribution is 0.0948. The summed E-state index contributed by atoms with van der Waals surface area (Å²) in [4.78, 5) is 19.3. The molecule has 114 valence electrons. The number of rotatable bonds is 4. The van der Waals surface area contributed by atoms with Crippen molar-refractivity contribution in [3.8, 4) is 0 Å². The lowest BCUT2D eigenvalue weighted by Crippen LogP contribution is -2.26. The maximum atomic E-state index is 12.1. The number of aromatic amines is 1. The Morgan fingerprint density at radius 1 is 1.41 bits per heavy atom. The maximum absolute atomic E-state index is 12.1. The van der Waals surface area contributed by atoms with Gasteiger partial charge in [0, 0.05) is 35.6 Å². The maximum Gasteiger partial charge on any atom is 0.273 e. The second kappa shape index (κ2) is 5.85. The average Bonchev–Trinajstić information content (AvgIpc) is 3.02. The molecule has 0 saturated carbocycles. The van der Waals surface area contributed by atoms with E-state index in [2.05, 4.69) is 15.3 Å². The Labute approximate surface area is 132 Å². The first kappa shape index (κ1) is 14.7. The minimum Gasteiger partial charge on any atom is -0.445 e. The van der Waals surface area contributed by atoms with Crippen LogP contribution in [0.1, 0.15) is 27.7 Å². The van der Waals surface area contributed by atoms with Crippen molar-refractivity contribution in [2.45, 2.75) is 20.3 Å². The third-order valence-electron chi connectivity index (χ3n) is 3.53. The SMILES string of the molecule is Cc1nc(C(=O)NCCc2c[nH]c3ccc(Cl)cc23)c(C)o1. The molecule has 2 N–H and O–H groups in total. The standard InChI is InChI=1S/C16H16ClN3O2/c1-9-15(20-10(2)22-9)16(21)18-6-5-11-8-19-14-4-3-12(17)7-13(11)14/h3-4,7-8,19H,5-6H2,1-2H3,(H,18,21). The van der Waals surface area contributed by atoms with E-state index in [1.807, 2.05) is 24.4 Å². The van der Waals surface area contributed by atoms with E-state index in [1.165, 1.54) is 0 Å². The highest BCUT2D eigenvalue weighted by molar-refractivity contribution is 6.31. The summed E-state index contributed by atoms with van der Waals surface area (Å²) in [6.07, 6.45) is 2.65. The van der Waals surface area contributed by atoms with E-state index in [0.29, 0.717) is 35.3 Å². The number of amides is 1. The summed E-state index contributed by atoms with van der Waals surface area (Å²) in [5.74, 6) is 0.815. The van der Waals surface area contributed by atoms with Gasteiger partial charge in [-0.3, -0.25) is 4.79 Å². The van der Waals surface area contributed by atoms with Crippen molar-refractivity contribution in [1.82, 2.24) is 15.3 Å². The largest absolute Gasteiger partial charge is 0.445 e. The molecule has 22 heavy (non-hydrogen) atoms. The van der Waals surface area contributed by atoms with Gasteiger partial charge in [-0.25, -0.2) is 4.98 Å². The van der Waals surface area contributed by atoms with Crippen LogP contribution in [-0.2, 0) is 6.42 Å². The molecule has 0 bridgehead atoms. The lowest BCUT2D eigenvalue weighted by atomic mass is 10.1. The summed E-state index contributed by atoms with van der Waals surface area (Å²) in [5.41, 5.74) is 2.50. The van der Waals surface area contributed by atoms with Crippen LogP contribution in [0.25, 0.3) is 10.9 Å². The molecule has 0 radical (unpaired) electrons. The van der Waals surface area contributed by atoms with E-state index in [1.54, 1.807) is 13.8 Å². The zero-order valence-electron chi connectivity index (χ0n) is 12.4. The normalized spacial score (nSPS) is 11.0. The molecule has 0 aliphatic carbocycles. The first-order valence-electron chi connectivity index (χ1n) is 7.02. The van der Waals surface area contributed by atoms with E-state index >= 15 is 0 Å². The van der Waals surface area contributed by atoms with Gasteiger partial charge in [-0.05, 0) is 37.1 Å². The molecular formula is C16H16ClN3O2. The zero-order chi connectivity index (χ0) is 15.7. The molecule has 6 heteroatoms. The number of hydrogen-bond acceptors (Lipinski definition) is 3. The van der Waals surface area contributed by atoms with Crippen molar-refractivity contribution in [2.75, 3.05) is 6.54 Å². The summed E-state index contributed by atoms with van der Waals surface area (Å²) >= 11 is 6.03. The van der Waals surface area contributed by atoms with Gasteiger partial charge in [-0.15, -0.1) is 0 Å². The van der Waals surface area contributed by atoms with Crippen molar-refractivity contribution in [1.29, 1.82) is 0 Å². The summed E-state index contributed by atoms with van der Waals surface area (Å²) in [6.45, 7) is 3.97. The van der Waals surface area contributed by atoms with Crippen LogP contribution in [0.4, 0.5) is 0 Å². The second-order valence-electron chi connectivity index (χ2n) is 5.15. The van der Waals surface area contributed by atoms with Gasteiger partial charge in [-0.2, -0.15) is 0 Å². The molecule has 0 saturated heterocycles. The first-order chi connectivity index (χ1) is 10.5. The van der Waals surface area contributed by atoms with E-state index in [4.69, 9.17) is 16.0 Å². The number of carbonyl (C=O) groups excluding carboxylic acids is 1. The summed E-state index contributed by atoms with van der Waals surface area (Å²) in [7, 11) is 0. The van der Waals surface area contributed by atoms with Crippen LogP contribution in [0.5, 0.6) is 0 Å². The van der Waals surface area contributed by atoms with Gasteiger partial charge in [0.2, 0.25) is 0 Å². The number of oxazole rings is 1. The molecule has 0 aliphatic rings. The number of fused-ring (bicyclic) bond motifs is 1. The molecule has 2 heterocycles. The van der Waals surface area contributed by atoms with E-state index in [9.17, 15) is 4.79 Å². The van der Waals surface area contributed by atoms with Gasteiger partial charge in [-0.1, -0.05) is 11.6 Å². The van der Waals surface area contributed by atoms with Crippen molar-refractivity contribution in [3.63, 3.8) is 0 Å². The highest BCUT2D eigenvalue weighted by atomic mass is 35.5. The Bertz CT molecular complexity index is 835. The number of nitrogens with zero attached hydrogens (tertiary/aromatic N) is 1. The van der Waals surface area contributed by atoms with Crippen molar-refractivity contribution in [2.24, 2.45) is 0 Å². The number of benzene rings is 1. The third-order valence-corrected chi connectivity index (χ3v) is 3.76. The highest BCUT2D eigenvalue weighted by Crippen LogP contribution is 2.22. The number of nitrogens with one attached hydrogen (secondary N) is 2. The van der Waals surface area contributed by atoms with Gasteiger partial charge in [0.25, 0.3) is 5.91 Å². The van der Waals surface area contributed by atoms with Crippen LogP contribution in [-0.4, -0.2) is 22.4 Å². The number of hydrogen-bond donors (Lipinski definition) is 2. The molecule has 3 rings (SSSR count). The van der Waals surface area contributed by atoms with Crippen LogP contribution in [0.15, 0.2) is 28.8 Å². The molecule has 0 unspecified atom stereocenters. The highest BCUT2D eigenvalue weighted by Gasteiger charge is 2.15. The first-order valence-corrected chi connectivity index (χ1v) is 7.40. The van der Waals surface area contributed by atoms with Crippen LogP contribution in [0, 0.1) is 13.8 Å². The molecular weight excluding hydrogens is 302 g/mol. The Morgan fingerprint density at radius 2 is 2.23 bits per heavy atom. The quantitative estimate of drug-likeness (QED) is 0.774. The van der Waals surface area contributed by atoms with Crippen molar-refractivity contribution in [3.05, 3.63) is 52.3 Å². The minimum atomic E-state index is -0.216. The number of H-pyrrole nitrogens is 1. The fourth-order valence-electron chi connectivity index (χ4n) is 2.49. The number of aromatic nitrogens is 2. The topological polar surface area (TPSA) is 70.9 Å². The number of carbonyl (C=O) groups is 1. The van der Waals surface area contributed by atoms with Crippen LogP contribution < -0.4 is 5.32 Å². The van der Waals surface area contributed by atoms with Crippen molar-refractivity contribution >= 4 is 28.4 Å². The fraction of sp³-hybridized carbons (Fsp3) is 0.250. The molecule has 1 aromatic carbocycles. The predicted octanol–water partition coefficient (Wildman–Crippen LogP) is 3.40. The Hall–Kier alpha value is -2.27. The summed E-state index contributed by atoms with van der Waals surface area (Å²) in [5, 5.41) is 4.64. The summed E-state index contributed by atoms with van der Waals surface area (Å²) < 4.78 is 5.27. The molecule has 0 fully saturated rings. The molecule has 2 aromatic heterocycles. The molecule has 3 aromatic rings. The summed E-state index contributed by atoms with van der Waals surface area (Å²) in [6, 6.07) is 5.72. The van der Waals surface area contributed by atoms with E-state index in [0.717, 1.165) is 16.5 Å². The average molecular weight is 318 g/mol. The predicted molar refractivity (Wildman–Crippen MR) is 85.3 cm³/mol. The molecule has 0 spiro atoms. The number of aryl methyl sites for hydroxylation is 2. The Balaban J connectivity index is 1.66. The van der Waals surface area contributed by atoms with Crippen LogP contribution >= 0.6 is 11.6 Å². The van der Waals surface area contributed by atoms with Crippen LogP contribution in [0.3, 0.4) is 0 Å². The van der Waals surface area contributed by atoms with Gasteiger partial charge in [0.1, 0.15) is 5.76 Å². The van der Waals surface area contributed by atoms with E-state index < -0.39 is 0 Å². The monoisotopic (exact) mass is 317 g/mol. The smallest absolute Gasteiger partial charge is 0.273 e. The fourth-order valence-corrected chi connectivity index (χ4v) is 2.66. The van der Waals surface area contributed by atoms with Gasteiger partial charge in [0.15, 0.2) is 11.6 Å². The lowest BCUT2D eigenvalue weighted by Gasteiger charge is -2.03. The third kappa shape index (κ3) is 2.85. The van der Waals surface area contributed by atoms with E-state index in [-0.39, 0.29) is 5.91 Å². The number of halogens is 1. The zero-order valence-corrected chi connectivity index (χ0v) is 13.1. The molecule has 0 atom stereocenters. The van der Waals surface area contributed by atoms with Gasteiger partial charge < -0.3 is 14.7 Å². The van der Waals surface area contributed by atoms with Gasteiger partial charge >= 0.3 is 0 Å². The second-order valence-corrected chi connectivity index (χ2v) is 5.58. The van der Waals surface area contributed by atoms with Crippen molar-refractivity contribution < 1.29 is 9.21 Å². The minimum absolute atomic E-state index is 0.216. The van der Waals surface area contributed by atoms with Crippen LogP contribution in [0.2, 0.25) is 5.02 Å². The molecule has 5 nitrogen and oxygen atoms in total. The van der Waals surface area contributed by atoms with Gasteiger partial charge in [0.05, 0.1) is 0 Å². The molecule has 1 amide bonds. The molecule has 0 aliphatic heterocycles.